The van der Waals surface area contributed by atoms with Gasteiger partial charge in [-0.15, -0.1) is 0 Å². The summed E-state index contributed by atoms with van der Waals surface area (Å²) in [5.41, 5.74) is -0.992. The Labute approximate surface area is 111 Å². The van der Waals surface area contributed by atoms with Crippen molar-refractivity contribution in [3.05, 3.63) is 24.0 Å². The van der Waals surface area contributed by atoms with Gasteiger partial charge in [0.15, 0.2) is 0 Å². The molecule has 0 heterocycles. The van der Waals surface area contributed by atoms with E-state index < -0.39 is 18.3 Å². The molecule has 0 aliphatic rings. The normalized spacial score (nSPS) is 11.6. The van der Waals surface area contributed by atoms with Gasteiger partial charge < -0.3 is 17.7 Å². The zero-order chi connectivity index (χ0) is 14.3. The lowest BCUT2D eigenvalue weighted by Crippen LogP contribution is -2.35. The van der Waals surface area contributed by atoms with Crippen LogP contribution in [0.4, 0.5) is 17.3 Å². The molecule has 0 aromatic heterocycles. The van der Waals surface area contributed by atoms with Crippen LogP contribution in [0.5, 0.6) is 5.75 Å². The standard InChI is InChI=1S/C13H18BF4O/c1-2-3-4-5-6-9-19-13-8-7-11(15)10-12(13)14(16,17)18/h7-8,10H,2-6,9H2,1H3/q-1. The van der Waals surface area contributed by atoms with Crippen LogP contribution < -0.4 is 10.2 Å². The number of unbranched alkanes of at least 4 members (excludes halogenated alkanes) is 4. The van der Waals surface area contributed by atoms with Gasteiger partial charge in [-0.05, 0) is 24.6 Å². The minimum absolute atomic E-state index is 0.231. The van der Waals surface area contributed by atoms with E-state index >= 15 is 0 Å². The summed E-state index contributed by atoms with van der Waals surface area (Å²) in [6.45, 7) is -2.93. The Kier molecular flexibility index (Phi) is 6.18. The van der Waals surface area contributed by atoms with E-state index in [0.29, 0.717) is 12.5 Å². The fourth-order valence-corrected chi connectivity index (χ4v) is 1.79. The molecule has 1 nitrogen and oxygen atoms in total. The predicted molar refractivity (Wildman–Crippen MR) is 69.4 cm³/mol. The molecule has 0 spiro atoms. The quantitative estimate of drug-likeness (QED) is 0.392. The van der Waals surface area contributed by atoms with Crippen LogP contribution in [0.15, 0.2) is 18.2 Å². The van der Waals surface area contributed by atoms with E-state index in [4.69, 9.17) is 4.74 Å². The molecule has 0 saturated heterocycles. The third kappa shape index (κ3) is 5.53. The third-order valence-corrected chi connectivity index (χ3v) is 2.83. The molecular weight excluding hydrogens is 259 g/mol. The van der Waals surface area contributed by atoms with Crippen molar-refractivity contribution in [2.45, 2.75) is 39.0 Å². The molecule has 1 rings (SSSR count). The van der Waals surface area contributed by atoms with Crippen molar-refractivity contribution in [3.8, 4) is 5.75 Å². The molecular formula is C13H18BF4O-. The molecule has 0 aliphatic heterocycles. The van der Waals surface area contributed by atoms with Crippen LogP contribution >= 0.6 is 0 Å². The molecule has 19 heavy (non-hydrogen) atoms. The van der Waals surface area contributed by atoms with Crippen molar-refractivity contribution >= 4 is 12.4 Å². The summed E-state index contributed by atoms with van der Waals surface area (Å²) in [5, 5.41) is 0. The first-order chi connectivity index (χ1) is 8.95. The number of benzene rings is 1. The molecule has 0 unspecified atom stereocenters. The van der Waals surface area contributed by atoms with Crippen molar-refractivity contribution in [1.82, 2.24) is 0 Å². The second kappa shape index (κ2) is 7.41. The zero-order valence-corrected chi connectivity index (χ0v) is 11.0. The Morgan fingerprint density at radius 3 is 2.37 bits per heavy atom. The fourth-order valence-electron chi connectivity index (χ4n) is 1.79. The summed E-state index contributed by atoms with van der Waals surface area (Å²) >= 11 is 0. The van der Waals surface area contributed by atoms with Crippen molar-refractivity contribution in [2.24, 2.45) is 0 Å². The van der Waals surface area contributed by atoms with Gasteiger partial charge in [-0.3, -0.25) is 0 Å². The van der Waals surface area contributed by atoms with Gasteiger partial charge in [0.25, 0.3) is 0 Å². The summed E-state index contributed by atoms with van der Waals surface area (Å²) in [7, 11) is 0. The molecule has 1 aromatic rings. The second-order valence-electron chi connectivity index (χ2n) is 4.52. The minimum Gasteiger partial charge on any atom is -0.497 e. The summed E-state index contributed by atoms with van der Waals surface area (Å²) in [4.78, 5) is 0. The van der Waals surface area contributed by atoms with Crippen molar-refractivity contribution in [2.75, 3.05) is 6.61 Å². The fraction of sp³-hybridized carbons (Fsp3) is 0.538. The number of halogens is 4. The van der Waals surface area contributed by atoms with E-state index in [1.54, 1.807) is 0 Å². The lowest BCUT2D eigenvalue weighted by atomic mass is 9.79. The van der Waals surface area contributed by atoms with Gasteiger partial charge >= 0.3 is 6.98 Å². The van der Waals surface area contributed by atoms with Gasteiger partial charge in [0, 0.05) is 0 Å². The molecule has 0 saturated carbocycles. The molecule has 0 atom stereocenters. The van der Waals surface area contributed by atoms with E-state index in [-0.39, 0.29) is 12.4 Å². The molecule has 108 valence electrons. The molecule has 6 heteroatoms. The van der Waals surface area contributed by atoms with Crippen LogP contribution in [0.1, 0.15) is 39.0 Å². The Balaban J connectivity index is 2.54. The van der Waals surface area contributed by atoms with E-state index in [9.17, 15) is 17.3 Å². The van der Waals surface area contributed by atoms with Crippen LogP contribution in [0.2, 0.25) is 0 Å². The first-order valence-corrected chi connectivity index (χ1v) is 6.57. The Morgan fingerprint density at radius 2 is 1.74 bits per heavy atom. The van der Waals surface area contributed by atoms with Crippen molar-refractivity contribution in [3.63, 3.8) is 0 Å². The number of rotatable bonds is 8. The first kappa shape index (κ1) is 15.9. The van der Waals surface area contributed by atoms with Crippen LogP contribution in [0, 0.1) is 5.82 Å². The van der Waals surface area contributed by atoms with Crippen LogP contribution in [0.3, 0.4) is 0 Å². The average molecular weight is 277 g/mol. The highest BCUT2D eigenvalue weighted by molar-refractivity contribution is 6.74. The maximum Gasteiger partial charge on any atom is 0.513 e. The molecule has 0 aliphatic carbocycles. The lowest BCUT2D eigenvalue weighted by Gasteiger charge is -2.19. The lowest BCUT2D eigenvalue weighted by molar-refractivity contribution is 0.305. The van der Waals surface area contributed by atoms with E-state index in [1.165, 1.54) is 0 Å². The SMILES string of the molecule is CCCCCCCOc1ccc(F)cc1[B-](F)(F)F. The summed E-state index contributed by atoms with van der Waals surface area (Å²) in [6.07, 6.45) is 4.93. The second-order valence-corrected chi connectivity index (χ2v) is 4.52. The molecule has 0 N–H and O–H groups in total. The number of ether oxygens (including phenoxy) is 1. The molecule has 0 amide bonds. The van der Waals surface area contributed by atoms with Crippen LogP contribution in [-0.4, -0.2) is 13.6 Å². The number of hydrogen-bond donors (Lipinski definition) is 0. The maximum absolute atomic E-state index is 12.9. The van der Waals surface area contributed by atoms with Gasteiger partial charge in [0.05, 0.1) is 12.4 Å². The van der Waals surface area contributed by atoms with E-state index in [0.717, 1.165) is 37.8 Å². The molecule has 0 radical (unpaired) electrons. The van der Waals surface area contributed by atoms with Gasteiger partial charge in [-0.25, -0.2) is 4.39 Å². The van der Waals surface area contributed by atoms with Crippen molar-refractivity contribution in [1.29, 1.82) is 0 Å². The molecule has 0 fully saturated rings. The van der Waals surface area contributed by atoms with Crippen molar-refractivity contribution < 1.29 is 22.1 Å². The van der Waals surface area contributed by atoms with Crippen LogP contribution in [0.25, 0.3) is 0 Å². The summed E-state index contributed by atoms with van der Waals surface area (Å²) in [6, 6.07) is 2.52. The van der Waals surface area contributed by atoms with E-state index in [1.807, 2.05) is 0 Å². The maximum atomic E-state index is 12.9. The van der Waals surface area contributed by atoms with E-state index in [2.05, 4.69) is 6.92 Å². The predicted octanol–water partition coefficient (Wildman–Crippen LogP) is 4.23. The minimum atomic E-state index is -5.25. The third-order valence-electron chi connectivity index (χ3n) is 2.83. The highest BCUT2D eigenvalue weighted by Crippen LogP contribution is 2.19. The Hall–Kier alpha value is -1.20. The Morgan fingerprint density at radius 1 is 1.05 bits per heavy atom. The summed E-state index contributed by atoms with van der Waals surface area (Å²) in [5.74, 6) is -1.17. The van der Waals surface area contributed by atoms with Gasteiger partial charge in [-0.1, -0.05) is 38.1 Å². The van der Waals surface area contributed by atoms with Gasteiger partial charge in [-0.2, -0.15) is 0 Å². The molecule has 0 bridgehead atoms. The summed E-state index contributed by atoms with van der Waals surface area (Å²) < 4.78 is 56.1. The number of hydrogen-bond acceptors (Lipinski definition) is 1. The van der Waals surface area contributed by atoms with Crippen LogP contribution in [-0.2, 0) is 0 Å². The zero-order valence-electron chi connectivity index (χ0n) is 11.0. The Bertz CT molecular complexity index is 393. The monoisotopic (exact) mass is 277 g/mol. The average Bonchev–Trinajstić information content (AvgIpc) is 2.34. The first-order valence-electron chi connectivity index (χ1n) is 6.57. The topological polar surface area (TPSA) is 9.23 Å². The largest absolute Gasteiger partial charge is 0.513 e. The highest BCUT2D eigenvalue weighted by Gasteiger charge is 2.29. The molecule has 1 aromatic carbocycles. The van der Waals surface area contributed by atoms with Gasteiger partial charge in [0.1, 0.15) is 5.82 Å². The highest BCUT2D eigenvalue weighted by atomic mass is 19.4. The smallest absolute Gasteiger partial charge is 0.497 e. The van der Waals surface area contributed by atoms with Gasteiger partial charge in [0.2, 0.25) is 0 Å².